The summed E-state index contributed by atoms with van der Waals surface area (Å²) in [7, 11) is 3.58. The molecule has 0 spiro atoms. The highest BCUT2D eigenvalue weighted by atomic mass is 16.5. The number of fused-ring (bicyclic) bond motifs is 1. The van der Waals surface area contributed by atoms with Crippen molar-refractivity contribution in [1.29, 1.82) is 0 Å². The van der Waals surface area contributed by atoms with Crippen molar-refractivity contribution in [1.82, 2.24) is 29.4 Å². The van der Waals surface area contributed by atoms with Crippen molar-refractivity contribution in [3.8, 4) is 23.1 Å². The number of ether oxygens (including phenoxy) is 2. The van der Waals surface area contributed by atoms with Crippen LogP contribution in [0, 0.1) is 0 Å². The van der Waals surface area contributed by atoms with Crippen molar-refractivity contribution in [3.63, 3.8) is 0 Å². The van der Waals surface area contributed by atoms with Gasteiger partial charge in [-0.2, -0.15) is 4.52 Å². The molecule has 4 heterocycles. The third-order valence-corrected chi connectivity index (χ3v) is 4.75. The van der Waals surface area contributed by atoms with E-state index in [1.54, 1.807) is 17.8 Å². The van der Waals surface area contributed by atoms with Gasteiger partial charge in [0.1, 0.15) is 18.1 Å². The van der Waals surface area contributed by atoms with Gasteiger partial charge in [0.05, 0.1) is 12.8 Å². The molecular formula is C21H24N6O2. The maximum absolute atomic E-state index is 6.14. The molecule has 0 aromatic carbocycles. The van der Waals surface area contributed by atoms with Crippen molar-refractivity contribution in [2.75, 3.05) is 7.11 Å². The molecule has 29 heavy (non-hydrogen) atoms. The number of hydrogen-bond donors (Lipinski definition) is 0. The SMILES string of the molecule is COc1cccnc1COc1nn2c(-c3cccn3C)nnc2cc1C(C)(C)C. The van der Waals surface area contributed by atoms with Crippen LogP contribution in [0.5, 0.6) is 11.6 Å². The van der Waals surface area contributed by atoms with Crippen LogP contribution in [0.2, 0.25) is 0 Å². The molecule has 0 saturated carbocycles. The summed E-state index contributed by atoms with van der Waals surface area (Å²) in [5.74, 6) is 1.86. The first-order valence-corrected chi connectivity index (χ1v) is 9.38. The molecule has 0 bridgehead atoms. The lowest BCUT2D eigenvalue weighted by atomic mass is 9.88. The quantitative estimate of drug-likeness (QED) is 0.518. The molecule has 0 radical (unpaired) electrons. The van der Waals surface area contributed by atoms with E-state index < -0.39 is 0 Å². The summed E-state index contributed by atoms with van der Waals surface area (Å²) in [5.41, 5.74) is 3.07. The molecule has 0 fully saturated rings. The largest absolute Gasteiger partial charge is 0.495 e. The molecule has 0 aliphatic heterocycles. The second kappa shape index (κ2) is 7.20. The van der Waals surface area contributed by atoms with E-state index in [4.69, 9.17) is 14.6 Å². The van der Waals surface area contributed by atoms with Gasteiger partial charge in [0.15, 0.2) is 5.65 Å². The fourth-order valence-corrected chi connectivity index (χ4v) is 3.17. The fourth-order valence-electron chi connectivity index (χ4n) is 3.17. The van der Waals surface area contributed by atoms with E-state index in [9.17, 15) is 0 Å². The molecule has 0 aliphatic carbocycles. The highest BCUT2D eigenvalue weighted by Crippen LogP contribution is 2.32. The Morgan fingerprint density at radius 3 is 2.62 bits per heavy atom. The lowest BCUT2D eigenvalue weighted by molar-refractivity contribution is 0.268. The highest BCUT2D eigenvalue weighted by Gasteiger charge is 2.24. The number of methoxy groups -OCH3 is 1. The predicted octanol–water partition coefficient (Wildman–Crippen LogP) is 3.41. The van der Waals surface area contributed by atoms with Crippen LogP contribution in [-0.4, -0.2) is 36.5 Å². The van der Waals surface area contributed by atoms with Crippen LogP contribution in [0.4, 0.5) is 0 Å². The Hall–Kier alpha value is -3.42. The highest BCUT2D eigenvalue weighted by molar-refractivity contribution is 5.57. The average molecular weight is 392 g/mol. The molecule has 0 unspecified atom stereocenters. The Kier molecular flexibility index (Phi) is 4.70. The minimum atomic E-state index is -0.185. The Morgan fingerprint density at radius 2 is 1.93 bits per heavy atom. The van der Waals surface area contributed by atoms with Gasteiger partial charge in [0.25, 0.3) is 0 Å². The van der Waals surface area contributed by atoms with Crippen LogP contribution >= 0.6 is 0 Å². The summed E-state index contributed by atoms with van der Waals surface area (Å²) < 4.78 is 15.2. The molecule has 0 aliphatic rings. The van der Waals surface area contributed by atoms with Gasteiger partial charge >= 0.3 is 0 Å². The zero-order valence-corrected chi connectivity index (χ0v) is 17.2. The van der Waals surface area contributed by atoms with Gasteiger partial charge in [0, 0.05) is 25.0 Å². The van der Waals surface area contributed by atoms with E-state index in [1.807, 2.05) is 48.1 Å². The molecule has 4 aromatic heterocycles. The normalized spacial score (nSPS) is 11.8. The van der Waals surface area contributed by atoms with Gasteiger partial charge in [-0.1, -0.05) is 20.8 Å². The van der Waals surface area contributed by atoms with Crippen LogP contribution in [-0.2, 0) is 19.1 Å². The zero-order valence-electron chi connectivity index (χ0n) is 17.2. The number of pyridine rings is 1. The molecular weight excluding hydrogens is 368 g/mol. The molecule has 0 atom stereocenters. The molecule has 8 heteroatoms. The third kappa shape index (κ3) is 3.53. The first-order valence-electron chi connectivity index (χ1n) is 9.38. The van der Waals surface area contributed by atoms with Crippen molar-refractivity contribution in [2.45, 2.75) is 32.8 Å². The standard InChI is InChI=1S/C21H24N6O2/c1-21(2,3)14-12-18-23-24-19(16-8-7-11-26(16)4)27(18)25-20(14)29-13-15-17(28-5)9-6-10-22-15/h6-12H,13H2,1-5H3. The number of nitrogens with zero attached hydrogens (tertiary/aromatic N) is 6. The van der Waals surface area contributed by atoms with Crippen LogP contribution in [0.25, 0.3) is 17.2 Å². The number of rotatable bonds is 5. The average Bonchev–Trinajstić information content (AvgIpc) is 3.30. The molecule has 0 N–H and O–H groups in total. The van der Waals surface area contributed by atoms with Gasteiger partial charge in [-0.05, 0) is 35.7 Å². The first kappa shape index (κ1) is 18.9. The van der Waals surface area contributed by atoms with E-state index in [1.165, 1.54) is 0 Å². The maximum Gasteiger partial charge on any atom is 0.236 e. The Labute approximate surface area is 169 Å². The zero-order chi connectivity index (χ0) is 20.6. The Bertz CT molecular complexity index is 1160. The molecule has 4 aromatic rings. The van der Waals surface area contributed by atoms with Crippen molar-refractivity contribution in [2.24, 2.45) is 7.05 Å². The minimum absolute atomic E-state index is 0.185. The van der Waals surface area contributed by atoms with Gasteiger partial charge < -0.3 is 14.0 Å². The second-order valence-electron chi connectivity index (χ2n) is 7.85. The Balaban J connectivity index is 1.79. The molecule has 150 valence electrons. The van der Waals surface area contributed by atoms with Crippen molar-refractivity contribution in [3.05, 3.63) is 54.0 Å². The molecule has 0 saturated heterocycles. The lowest BCUT2D eigenvalue weighted by Crippen LogP contribution is -2.16. The van der Waals surface area contributed by atoms with Crippen LogP contribution < -0.4 is 9.47 Å². The number of aryl methyl sites for hydroxylation is 1. The van der Waals surface area contributed by atoms with E-state index in [2.05, 4.69) is 36.0 Å². The summed E-state index contributed by atoms with van der Waals surface area (Å²) >= 11 is 0. The summed E-state index contributed by atoms with van der Waals surface area (Å²) in [5, 5.41) is 13.4. The minimum Gasteiger partial charge on any atom is -0.495 e. The van der Waals surface area contributed by atoms with E-state index in [0.29, 0.717) is 28.8 Å². The summed E-state index contributed by atoms with van der Waals surface area (Å²) in [6, 6.07) is 9.62. The number of aromatic nitrogens is 6. The molecule has 8 nitrogen and oxygen atoms in total. The van der Waals surface area contributed by atoms with Gasteiger partial charge in [-0.3, -0.25) is 4.98 Å². The lowest BCUT2D eigenvalue weighted by Gasteiger charge is -2.22. The monoisotopic (exact) mass is 392 g/mol. The topological polar surface area (TPSA) is 79.4 Å². The van der Waals surface area contributed by atoms with Crippen LogP contribution in [0.15, 0.2) is 42.7 Å². The first-order chi connectivity index (χ1) is 13.9. The summed E-state index contributed by atoms with van der Waals surface area (Å²) in [6.07, 6.45) is 3.68. The molecule has 4 rings (SSSR count). The van der Waals surface area contributed by atoms with E-state index in [-0.39, 0.29) is 12.0 Å². The van der Waals surface area contributed by atoms with Gasteiger partial charge in [-0.25, -0.2) is 0 Å². The van der Waals surface area contributed by atoms with E-state index in [0.717, 1.165) is 11.3 Å². The van der Waals surface area contributed by atoms with Crippen molar-refractivity contribution < 1.29 is 9.47 Å². The van der Waals surface area contributed by atoms with Crippen LogP contribution in [0.3, 0.4) is 0 Å². The van der Waals surface area contributed by atoms with Gasteiger partial charge in [-0.15, -0.1) is 15.3 Å². The van der Waals surface area contributed by atoms with Crippen LogP contribution in [0.1, 0.15) is 32.0 Å². The smallest absolute Gasteiger partial charge is 0.236 e. The molecule has 0 amide bonds. The second-order valence-corrected chi connectivity index (χ2v) is 7.85. The predicted molar refractivity (Wildman–Crippen MR) is 109 cm³/mol. The maximum atomic E-state index is 6.14. The van der Waals surface area contributed by atoms with Crippen molar-refractivity contribution >= 4 is 5.65 Å². The third-order valence-electron chi connectivity index (χ3n) is 4.75. The Morgan fingerprint density at radius 1 is 1.10 bits per heavy atom. The summed E-state index contributed by atoms with van der Waals surface area (Å²) in [4.78, 5) is 4.37. The van der Waals surface area contributed by atoms with E-state index >= 15 is 0 Å². The summed E-state index contributed by atoms with van der Waals surface area (Å²) in [6.45, 7) is 6.59. The van der Waals surface area contributed by atoms with Gasteiger partial charge in [0.2, 0.25) is 11.7 Å². The fraction of sp³-hybridized carbons (Fsp3) is 0.333. The number of hydrogen-bond acceptors (Lipinski definition) is 6.